The van der Waals surface area contributed by atoms with Crippen LogP contribution >= 0.6 is 0 Å². The average Bonchev–Trinajstić information content (AvgIpc) is 3.33. The van der Waals surface area contributed by atoms with E-state index in [1.807, 2.05) is 23.7 Å². The van der Waals surface area contributed by atoms with Crippen molar-refractivity contribution in [3.8, 4) is 0 Å². The largest absolute Gasteiger partial charge is 0.481 e. The van der Waals surface area contributed by atoms with Gasteiger partial charge >= 0.3 is 5.97 Å². The number of aliphatic carboxylic acids is 1. The molecule has 3 saturated heterocycles. The smallest absolute Gasteiger partial charge is 0.311 e. The third-order valence-electron chi connectivity index (χ3n) is 6.82. The molecule has 3 aliphatic heterocycles. The van der Waals surface area contributed by atoms with Gasteiger partial charge in [0.1, 0.15) is 0 Å². The molecule has 2 atom stereocenters. The summed E-state index contributed by atoms with van der Waals surface area (Å²) in [5.74, 6) is -0.279. The molecule has 0 saturated carbocycles. The predicted molar refractivity (Wildman–Crippen MR) is 109 cm³/mol. The van der Waals surface area contributed by atoms with Crippen LogP contribution in [0.25, 0.3) is 11.0 Å². The van der Waals surface area contributed by atoms with E-state index in [1.165, 1.54) is 0 Å². The fraction of sp³-hybridized carbons (Fsp3) is 0.571. The Morgan fingerprint density at radius 2 is 2.00 bits per heavy atom. The average molecular weight is 414 g/mol. The highest BCUT2D eigenvalue weighted by Gasteiger charge is 2.55. The van der Waals surface area contributed by atoms with Crippen LogP contribution in [0, 0.1) is 11.3 Å². The van der Waals surface area contributed by atoms with E-state index in [9.17, 15) is 14.7 Å². The maximum absolute atomic E-state index is 13.2. The van der Waals surface area contributed by atoms with Crippen molar-refractivity contribution in [3.05, 3.63) is 23.8 Å². The lowest BCUT2D eigenvalue weighted by atomic mass is 9.74. The van der Waals surface area contributed by atoms with Gasteiger partial charge in [-0.05, 0) is 24.6 Å². The second-order valence-corrected chi connectivity index (χ2v) is 8.44. The summed E-state index contributed by atoms with van der Waals surface area (Å²) in [6, 6.07) is 5.54. The molecule has 2 aromatic rings. The second kappa shape index (κ2) is 7.24. The molecule has 1 aromatic carbocycles. The maximum Gasteiger partial charge on any atom is 0.311 e. The van der Waals surface area contributed by atoms with Crippen molar-refractivity contribution in [1.82, 2.24) is 14.5 Å². The molecule has 1 N–H and O–H groups in total. The normalized spacial score (nSPS) is 26.8. The number of carbonyl (C=O) groups is 2. The number of aryl methyl sites for hydroxylation is 1. The lowest BCUT2D eigenvalue weighted by Crippen LogP contribution is -2.45. The second-order valence-electron chi connectivity index (χ2n) is 8.44. The summed E-state index contributed by atoms with van der Waals surface area (Å²) in [5, 5.41) is 9.85. The number of hydrogen-bond donors (Lipinski definition) is 1. The summed E-state index contributed by atoms with van der Waals surface area (Å²) >= 11 is 0. The number of benzene rings is 1. The van der Waals surface area contributed by atoms with Gasteiger partial charge < -0.3 is 28.9 Å². The van der Waals surface area contributed by atoms with Crippen LogP contribution in [0.2, 0.25) is 0 Å². The van der Waals surface area contributed by atoms with Gasteiger partial charge in [-0.15, -0.1) is 0 Å². The first-order valence-electron chi connectivity index (χ1n) is 10.4. The van der Waals surface area contributed by atoms with E-state index in [-0.39, 0.29) is 18.4 Å². The lowest BCUT2D eigenvalue weighted by molar-refractivity contribution is -0.157. The number of carboxylic acid groups (broad SMARTS) is 1. The van der Waals surface area contributed by atoms with Crippen molar-refractivity contribution in [2.45, 2.75) is 6.42 Å². The number of anilines is 1. The molecule has 1 amide bonds. The Morgan fingerprint density at radius 1 is 1.20 bits per heavy atom. The number of hydrogen-bond acceptors (Lipinski definition) is 6. The minimum absolute atomic E-state index is 0.148. The molecule has 0 bridgehead atoms. The van der Waals surface area contributed by atoms with Gasteiger partial charge in [0.25, 0.3) is 5.91 Å². The van der Waals surface area contributed by atoms with Crippen molar-refractivity contribution < 1.29 is 24.2 Å². The molecule has 9 heteroatoms. The summed E-state index contributed by atoms with van der Waals surface area (Å²) in [7, 11) is 1.98. The molecule has 4 heterocycles. The van der Waals surface area contributed by atoms with Crippen LogP contribution < -0.4 is 4.90 Å². The Morgan fingerprint density at radius 3 is 2.73 bits per heavy atom. The van der Waals surface area contributed by atoms with Crippen LogP contribution in [-0.4, -0.2) is 84.0 Å². The van der Waals surface area contributed by atoms with E-state index in [0.29, 0.717) is 45.0 Å². The Bertz CT molecular complexity index is 999. The zero-order valence-corrected chi connectivity index (χ0v) is 17.0. The molecule has 1 aromatic heterocycles. The van der Waals surface area contributed by atoms with Crippen molar-refractivity contribution >= 4 is 28.9 Å². The highest BCUT2D eigenvalue weighted by molar-refractivity contribution is 5.98. The fourth-order valence-electron chi connectivity index (χ4n) is 5.00. The molecular formula is C21H26N4O5. The molecule has 30 heavy (non-hydrogen) atoms. The molecule has 9 nitrogen and oxygen atoms in total. The van der Waals surface area contributed by atoms with Gasteiger partial charge in [0.05, 0.1) is 36.3 Å². The van der Waals surface area contributed by atoms with Gasteiger partial charge in [-0.2, -0.15) is 0 Å². The number of carbonyl (C=O) groups excluding carboxylic acids is 1. The van der Waals surface area contributed by atoms with Crippen LogP contribution in [0.1, 0.15) is 16.8 Å². The molecule has 0 aliphatic carbocycles. The van der Waals surface area contributed by atoms with E-state index < -0.39 is 11.4 Å². The van der Waals surface area contributed by atoms with Gasteiger partial charge in [-0.1, -0.05) is 0 Å². The standard InChI is InChI=1S/C21H26N4O5/c1-23-17-3-2-14(10-16(17)22-20(23)24-5-8-29-9-6-24)18(26)25-11-15-12-30-7-4-21(15,13-25)19(27)28/h2-3,10,15H,4-9,11-13H2,1H3,(H,27,28)/t15-,21+/m1/s1. The predicted octanol–water partition coefficient (Wildman–Crippen LogP) is 0.973. The van der Waals surface area contributed by atoms with Crippen LogP contribution in [-0.2, 0) is 21.3 Å². The quantitative estimate of drug-likeness (QED) is 0.799. The maximum atomic E-state index is 13.2. The van der Waals surface area contributed by atoms with Crippen LogP contribution in [0.5, 0.6) is 0 Å². The van der Waals surface area contributed by atoms with Crippen LogP contribution in [0.15, 0.2) is 18.2 Å². The Kier molecular flexibility index (Phi) is 4.67. The summed E-state index contributed by atoms with van der Waals surface area (Å²) in [6.45, 7) is 4.39. The summed E-state index contributed by atoms with van der Waals surface area (Å²) in [5.41, 5.74) is 1.36. The summed E-state index contributed by atoms with van der Waals surface area (Å²) in [6.07, 6.45) is 0.443. The summed E-state index contributed by atoms with van der Waals surface area (Å²) in [4.78, 5) is 33.9. The molecular weight excluding hydrogens is 388 g/mol. The number of likely N-dealkylation sites (tertiary alicyclic amines) is 1. The van der Waals surface area contributed by atoms with Gasteiger partial charge in [0.15, 0.2) is 0 Å². The molecule has 0 radical (unpaired) electrons. The SMILES string of the molecule is Cn1c(N2CCOCC2)nc2cc(C(=O)N3C[C@@H]4COCC[C@]4(C(=O)O)C3)ccc21. The Labute approximate surface area is 174 Å². The van der Waals surface area contributed by atoms with Gasteiger partial charge in [0, 0.05) is 51.3 Å². The van der Waals surface area contributed by atoms with E-state index in [1.54, 1.807) is 11.0 Å². The molecule has 160 valence electrons. The van der Waals surface area contributed by atoms with E-state index in [2.05, 4.69) is 4.90 Å². The number of nitrogens with zero attached hydrogens (tertiary/aromatic N) is 4. The first-order valence-corrected chi connectivity index (χ1v) is 10.4. The minimum atomic E-state index is -0.896. The molecule has 3 aliphatic rings. The van der Waals surface area contributed by atoms with Gasteiger partial charge in [-0.25, -0.2) is 4.98 Å². The number of fused-ring (bicyclic) bond motifs is 2. The number of amides is 1. The topological polar surface area (TPSA) is 97.1 Å². The van der Waals surface area contributed by atoms with E-state index in [0.717, 1.165) is 30.1 Å². The monoisotopic (exact) mass is 414 g/mol. The first kappa shape index (κ1) is 19.3. The summed E-state index contributed by atoms with van der Waals surface area (Å²) < 4.78 is 13.0. The fourth-order valence-corrected chi connectivity index (χ4v) is 5.00. The van der Waals surface area contributed by atoms with Gasteiger partial charge in [-0.3, -0.25) is 9.59 Å². The zero-order chi connectivity index (χ0) is 20.9. The third kappa shape index (κ3) is 2.95. The minimum Gasteiger partial charge on any atom is -0.481 e. The highest BCUT2D eigenvalue weighted by Crippen LogP contribution is 2.43. The van der Waals surface area contributed by atoms with Crippen molar-refractivity contribution in [3.63, 3.8) is 0 Å². The van der Waals surface area contributed by atoms with Crippen molar-refractivity contribution in [2.24, 2.45) is 18.4 Å². The number of ether oxygens (including phenoxy) is 2. The Balaban J connectivity index is 1.42. The van der Waals surface area contributed by atoms with E-state index >= 15 is 0 Å². The number of carboxylic acids is 1. The number of rotatable bonds is 3. The molecule has 0 spiro atoms. The zero-order valence-electron chi connectivity index (χ0n) is 17.0. The Hall–Kier alpha value is -2.65. The molecule has 3 fully saturated rings. The van der Waals surface area contributed by atoms with E-state index in [4.69, 9.17) is 14.5 Å². The third-order valence-corrected chi connectivity index (χ3v) is 6.82. The van der Waals surface area contributed by atoms with Crippen LogP contribution in [0.3, 0.4) is 0 Å². The lowest BCUT2D eigenvalue weighted by Gasteiger charge is -2.33. The van der Waals surface area contributed by atoms with Crippen molar-refractivity contribution in [1.29, 1.82) is 0 Å². The molecule has 0 unspecified atom stereocenters. The molecule has 5 rings (SSSR count). The number of aromatic nitrogens is 2. The van der Waals surface area contributed by atoms with Crippen molar-refractivity contribution in [2.75, 3.05) is 57.5 Å². The van der Waals surface area contributed by atoms with Crippen LogP contribution in [0.4, 0.5) is 5.95 Å². The first-order chi connectivity index (χ1) is 14.5. The highest BCUT2D eigenvalue weighted by atomic mass is 16.5. The number of morpholine rings is 1. The van der Waals surface area contributed by atoms with Gasteiger partial charge in [0.2, 0.25) is 5.95 Å². The number of imidazole rings is 1.